The van der Waals surface area contributed by atoms with Crippen molar-refractivity contribution >= 4 is 24.2 Å². The van der Waals surface area contributed by atoms with Gasteiger partial charge in [0.15, 0.2) is 0 Å². The van der Waals surface area contributed by atoms with Crippen LogP contribution in [0.4, 0.5) is 0 Å². The summed E-state index contributed by atoms with van der Waals surface area (Å²) in [5.74, 6) is 0. The summed E-state index contributed by atoms with van der Waals surface area (Å²) in [5.41, 5.74) is 1.70. The van der Waals surface area contributed by atoms with Crippen LogP contribution in [0, 0.1) is 0 Å². The lowest BCUT2D eigenvalue weighted by atomic mass is 9.97. The molecule has 1 aromatic carbocycles. The summed E-state index contributed by atoms with van der Waals surface area (Å²) in [6.07, 6.45) is 1.67. The van der Waals surface area contributed by atoms with Gasteiger partial charge in [0.2, 0.25) is 0 Å². The van der Waals surface area contributed by atoms with Gasteiger partial charge in [0.05, 0.1) is 5.52 Å². The van der Waals surface area contributed by atoms with Crippen LogP contribution in [-0.4, -0.2) is 12.8 Å². The molecule has 1 nitrogen and oxygen atoms in total. The number of pyridine rings is 1. The van der Waals surface area contributed by atoms with E-state index in [0.717, 1.165) is 10.9 Å². The number of rotatable bonds is 0. The summed E-state index contributed by atoms with van der Waals surface area (Å²) in [6, 6.07) is 9.82. The van der Waals surface area contributed by atoms with Gasteiger partial charge in [0.1, 0.15) is 7.85 Å². The molecule has 1 aromatic heterocycles. The molecule has 0 aliphatic carbocycles. The maximum absolute atomic E-state index is 5.56. The van der Waals surface area contributed by atoms with E-state index in [1.54, 1.807) is 6.20 Å². The summed E-state index contributed by atoms with van der Waals surface area (Å²) in [6.45, 7) is 0. The van der Waals surface area contributed by atoms with E-state index < -0.39 is 0 Å². The molecule has 0 spiro atoms. The normalized spacial score (nSPS) is 10.2. The molecule has 0 saturated heterocycles. The van der Waals surface area contributed by atoms with Crippen molar-refractivity contribution in [3.8, 4) is 0 Å². The highest BCUT2D eigenvalue weighted by Gasteiger charge is 1.90. The van der Waals surface area contributed by atoms with Crippen molar-refractivity contribution in [1.82, 2.24) is 4.98 Å². The van der Waals surface area contributed by atoms with Crippen LogP contribution in [0.15, 0.2) is 36.5 Å². The van der Waals surface area contributed by atoms with Crippen molar-refractivity contribution < 1.29 is 0 Å². The Morgan fingerprint density at radius 2 is 2.00 bits per heavy atom. The van der Waals surface area contributed by atoms with Crippen LogP contribution in [0.1, 0.15) is 0 Å². The van der Waals surface area contributed by atoms with E-state index in [2.05, 4.69) is 4.98 Å². The molecule has 2 radical (unpaired) electrons. The molecule has 0 amide bonds. The smallest absolute Gasteiger partial charge is 0.115 e. The molecule has 0 bridgehead atoms. The van der Waals surface area contributed by atoms with Crippen molar-refractivity contribution in [2.75, 3.05) is 0 Å². The van der Waals surface area contributed by atoms with Gasteiger partial charge < -0.3 is 0 Å². The highest BCUT2D eigenvalue weighted by Crippen LogP contribution is 2.06. The predicted molar refractivity (Wildman–Crippen MR) is 47.1 cm³/mol. The highest BCUT2D eigenvalue weighted by molar-refractivity contribution is 6.32. The second-order valence-electron chi connectivity index (χ2n) is 2.46. The number of aromatic nitrogens is 1. The number of hydrogen-bond acceptors (Lipinski definition) is 1. The molecule has 0 aliphatic rings. The van der Waals surface area contributed by atoms with Gasteiger partial charge >= 0.3 is 0 Å². The summed E-state index contributed by atoms with van der Waals surface area (Å²) in [4.78, 5) is 4.16. The first-order valence-electron chi connectivity index (χ1n) is 3.46. The zero-order chi connectivity index (χ0) is 7.68. The minimum atomic E-state index is 0.712. The zero-order valence-corrected chi connectivity index (χ0v) is 5.99. The largest absolute Gasteiger partial charge is 0.257 e. The summed E-state index contributed by atoms with van der Waals surface area (Å²) in [7, 11) is 5.56. The second kappa shape index (κ2) is 2.38. The molecule has 0 aliphatic heterocycles. The van der Waals surface area contributed by atoms with E-state index in [1.165, 1.54) is 0 Å². The van der Waals surface area contributed by atoms with Gasteiger partial charge in [-0.25, -0.2) is 0 Å². The Hall–Kier alpha value is -1.31. The first kappa shape index (κ1) is 6.41. The fraction of sp³-hybridized carbons (Fsp3) is 0. The zero-order valence-electron chi connectivity index (χ0n) is 5.99. The first-order valence-corrected chi connectivity index (χ1v) is 3.46. The maximum Gasteiger partial charge on any atom is 0.115 e. The molecule has 0 N–H and O–H groups in total. The Labute approximate surface area is 66.5 Å². The van der Waals surface area contributed by atoms with Crippen molar-refractivity contribution in [1.29, 1.82) is 0 Å². The molecule has 1 heterocycles. The van der Waals surface area contributed by atoms with Crippen molar-refractivity contribution in [2.24, 2.45) is 0 Å². The predicted octanol–water partition coefficient (Wildman–Crippen LogP) is 1.03. The average molecular weight is 139 g/mol. The SMILES string of the molecule is [B]c1cnc2ccccc2c1. The van der Waals surface area contributed by atoms with E-state index in [0.29, 0.717) is 5.46 Å². The molecular formula is C9H6BN. The van der Waals surface area contributed by atoms with Crippen LogP contribution in [0.25, 0.3) is 10.9 Å². The molecule has 0 fully saturated rings. The number of fused-ring (bicyclic) bond motifs is 1. The van der Waals surface area contributed by atoms with Gasteiger partial charge in [-0.3, -0.25) is 4.98 Å². The third-order valence-corrected chi connectivity index (χ3v) is 1.61. The lowest BCUT2D eigenvalue weighted by molar-refractivity contribution is 1.44. The van der Waals surface area contributed by atoms with Gasteiger partial charge in [0, 0.05) is 6.20 Å². The van der Waals surface area contributed by atoms with Gasteiger partial charge in [-0.2, -0.15) is 0 Å². The monoisotopic (exact) mass is 139 g/mol. The van der Waals surface area contributed by atoms with Gasteiger partial charge in [0.25, 0.3) is 0 Å². The summed E-state index contributed by atoms with van der Waals surface area (Å²) < 4.78 is 0. The van der Waals surface area contributed by atoms with E-state index in [9.17, 15) is 0 Å². The Morgan fingerprint density at radius 1 is 1.18 bits per heavy atom. The molecule has 11 heavy (non-hydrogen) atoms. The lowest BCUT2D eigenvalue weighted by Gasteiger charge is -1.96. The molecule has 50 valence electrons. The van der Waals surface area contributed by atoms with Crippen molar-refractivity contribution in [2.45, 2.75) is 0 Å². The fourth-order valence-corrected chi connectivity index (χ4v) is 1.09. The minimum absolute atomic E-state index is 0.712. The number of benzene rings is 1. The van der Waals surface area contributed by atoms with Crippen LogP contribution >= 0.6 is 0 Å². The second-order valence-corrected chi connectivity index (χ2v) is 2.46. The Kier molecular flexibility index (Phi) is 1.39. The van der Waals surface area contributed by atoms with Gasteiger partial charge in [-0.1, -0.05) is 29.7 Å². The van der Waals surface area contributed by atoms with E-state index in [1.807, 2.05) is 30.3 Å². The molecule has 0 saturated carbocycles. The average Bonchev–Trinajstić information content (AvgIpc) is 2.04. The van der Waals surface area contributed by atoms with Gasteiger partial charge in [-0.05, 0) is 11.5 Å². The van der Waals surface area contributed by atoms with Gasteiger partial charge in [-0.15, -0.1) is 0 Å². The van der Waals surface area contributed by atoms with Crippen LogP contribution in [0.2, 0.25) is 0 Å². The Morgan fingerprint density at radius 3 is 2.91 bits per heavy atom. The Bertz CT molecular complexity index is 384. The third kappa shape index (κ3) is 1.12. The summed E-state index contributed by atoms with van der Waals surface area (Å²) >= 11 is 0. The van der Waals surface area contributed by atoms with Crippen LogP contribution in [-0.2, 0) is 0 Å². The maximum atomic E-state index is 5.56. The van der Waals surface area contributed by atoms with E-state index in [-0.39, 0.29) is 0 Å². The van der Waals surface area contributed by atoms with Crippen molar-refractivity contribution in [3.63, 3.8) is 0 Å². The van der Waals surface area contributed by atoms with E-state index in [4.69, 9.17) is 7.85 Å². The molecule has 0 unspecified atom stereocenters. The van der Waals surface area contributed by atoms with Crippen LogP contribution in [0.5, 0.6) is 0 Å². The minimum Gasteiger partial charge on any atom is -0.257 e. The third-order valence-electron chi connectivity index (χ3n) is 1.61. The standard InChI is InChI=1S/C9H6BN/c10-8-5-7-3-1-2-4-9(7)11-6-8/h1-6H. The fourth-order valence-electron chi connectivity index (χ4n) is 1.09. The van der Waals surface area contributed by atoms with E-state index >= 15 is 0 Å². The van der Waals surface area contributed by atoms with Crippen LogP contribution < -0.4 is 5.46 Å². The summed E-state index contributed by atoms with van der Waals surface area (Å²) in [5, 5.41) is 1.09. The molecular weight excluding hydrogens is 133 g/mol. The molecule has 2 aromatic rings. The highest BCUT2D eigenvalue weighted by atomic mass is 14.6. The quantitative estimate of drug-likeness (QED) is 0.496. The van der Waals surface area contributed by atoms with Crippen molar-refractivity contribution in [3.05, 3.63) is 36.5 Å². The number of para-hydroxylation sites is 1. The number of nitrogens with zero attached hydrogens (tertiary/aromatic N) is 1. The number of hydrogen-bond donors (Lipinski definition) is 0. The first-order chi connectivity index (χ1) is 5.36. The topological polar surface area (TPSA) is 12.9 Å². The molecule has 0 atom stereocenters. The molecule has 2 rings (SSSR count). The Balaban J connectivity index is 2.83. The molecule has 2 heteroatoms. The van der Waals surface area contributed by atoms with Crippen LogP contribution in [0.3, 0.4) is 0 Å². The lowest BCUT2D eigenvalue weighted by Crippen LogP contribution is -2.01.